The van der Waals surface area contributed by atoms with Crippen LogP contribution in [0.15, 0.2) is 67.1 Å². The van der Waals surface area contributed by atoms with E-state index in [-0.39, 0.29) is 62.5 Å². The normalized spacial score (nSPS) is 22.0. The second-order valence-electron chi connectivity index (χ2n) is 15.5. The maximum absolute atomic E-state index is 14.6. The van der Waals surface area contributed by atoms with Gasteiger partial charge in [0.2, 0.25) is 11.8 Å². The Morgan fingerprint density at radius 3 is 2.33 bits per heavy atom. The van der Waals surface area contributed by atoms with Gasteiger partial charge in [-0.15, -0.1) is 0 Å². The van der Waals surface area contributed by atoms with Crippen LogP contribution in [0.2, 0.25) is 0 Å². The second kappa shape index (κ2) is 13.3. The summed E-state index contributed by atoms with van der Waals surface area (Å²) in [6.07, 6.45) is 3.93. The number of nitrogens with zero attached hydrogens (tertiary/aromatic N) is 4. The average molecular weight is 726 g/mol. The van der Waals surface area contributed by atoms with E-state index < -0.39 is 28.6 Å². The van der Waals surface area contributed by atoms with Crippen LogP contribution in [0, 0.1) is 22.6 Å². The summed E-state index contributed by atoms with van der Waals surface area (Å²) in [5.74, 6) is -7.17. The van der Waals surface area contributed by atoms with Crippen LogP contribution in [0.3, 0.4) is 0 Å². The monoisotopic (exact) mass is 725 g/mol. The van der Waals surface area contributed by atoms with Gasteiger partial charge < -0.3 is 20.3 Å². The van der Waals surface area contributed by atoms with Gasteiger partial charge in [-0.25, -0.2) is 22.0 Å². The van der Waals surface area contributed by atoms with E-state index in [1.165, 1.54) is 18.3 Å². The number of primary amides is 1. The number of carbonyl (C=O) groups is 2. The molecular weight excluding hydrogens is 681 g/mol. The van der Waals surface area contributed by atoms with E-state index in [0.29, 0.717) is 73.5 Å². The molecule has 0 radical (unpaired) electrons. The zero-order valence-electron chi connectivity index (χ0n) is 29.2. The third-order valence-electron chi connectivity index (χ3n) is 11.9. The molecule has 1 unspecified atom stereocenters. The minimum atomic E-state index is -2.90. The van der Waals surface area contributed by atoms with Crippen molar-refractivity contribution in [2.75, 3.05) is 32.8 Å². The lowest BCUT2D eigenvalue weighted by Crippen LogP contribution is -2.61. The Labute approximate surface area is 299 Å². The van der Waals surface area contributed by atoms with Crippen molar-refractivity contribution in [3.63, 3.8) is 0 Å². The van der Waals surface area contributed by atoms with E-state index >= 15 is 0 Å². The minimum absolute atomic E-state index is 0.0489. The summed E-state index contributed by atoms with van der Waals surface area (Å²) in [4.78, 5) is 30.2. The Morgan fingerprint density at radius 1 is 1.02 bits per heavy atom. The highest BCUT2D eigenvalue weighted by Crippen LogP contribution is 2.63. The number of nitrogens with two attached hydrogens (primary N) is 1. The number of hydrogen-bond acceptors (Lipinski definition) is 5. The lowest BCUT2D eigenvalue weighted by molar-refractivity contribution is -0.0787. The maximum atomic E-state index is 14.6. The molecule has 2 saturated carbocycles. The molecule has 13 heteroatoms. The fourth-order valence-electron chi connectivity index (χ4n) is 8.65. The Hall–Kier alpha value is -4.26. The molecule has 1 atom stereocenters. The molecule has 2 aliphatic carbocycles. The highest BCUT2D eigenvalue weighted by Gasteiger charge is 2.65. The second-order valence-corrected chi connectivity index (χ2v) is 15.5. The third kappa shape index (κ3) is 6.83. The molecule has 1 aromatic heterocycles. The van der Waals surface area contributed by atoms with Gasteiger partial charge in [-0.2, -0.15) is 5.10 Å². The molecule has 4 aliphatic rings. The predicted octanol–water partition coefficient (Wildman–Crippen LogP) is 7.00. The average Bonchev–Trinajstić information content (AvgIpc) is 3.64. The van der Waals surface area contributed by atoms with Gasteiger partial charge in [0.15, 0.2) is 0 Å². The van der Waals surface area contributed by atoms with E-state index in [0.717, 1.165) is 12.5 Å². The summed E-state index contributed by atoms with van der Waals surface area (Å²) >= 11 is 0. The molecule has 52 heavy (non-hydrogen) atoms. The first kappa shape index (κ1) is 36.1. The minimum Gasteiger partial charge on any atom is -0.376 e. The van der Waals surface area contributed by atoms with Crippen molar-refractivity contribution in [3.05, 3.63) is 101 Å². The zero-order chi connectivity index (χ0) is 37.1. The number of likely N-dealkylation sites (tertiary alicyclic amines) is 2. The molecule has 2 saturated heterocycles. The predicted molar refractivity (Wildman–Crippen MR) is 183 cm³/mol. The van der Waals surface area contributed by atoms with Gasteiger partial charge in [-0.1, -0.05) is 36.9 Å². The number of alkyl halides is 4. The molecule has 2 amide bonds. The molecule has 7 rings (SSSR count). The van der Waals surface area contributed by atoms with Crippen LogP contribution in [-0.2, 0) is 17.9 Å². The molecule has 3 aromatic rings. The largest absolute Gasteiger partial charge is 0.376 e. The van der Waals surface area contributed by atoms with E-state index in [1.54, 1.807) is 46.1 Å². The summed E-state index contributed by atoms with van der Waals surface area (Å²) in [6.45, 7) is 7.31. The van der Waals surface area contributed by atoms with Crippen molar-refractivity contribution in [2.45, 2.75) is 76.4 Å². The number of rotatable bonds is 12. The third-order valence-corrected chi connectivity index (χ3v) is 11.9. The van der Waals surface area contributed by atoms with Crippen LogP contribution in [0.5, 0.6) is 0 Å². The van der Waals surface area contributed by atoms with Crippen molar-refractivity contribution in [2.24, 2.45) is 22.5 Å². The number of benzene rings is 2. The van der Waals surface area contributed by atoms with Gasteiger partial charge >= 0.3 is 0 Å². The SMILES string of the molecule is C=C(N1CC2(C1)CN(C(=O)c1cnn(Cc3ccc(F)cc3)c1)CC2COCc1cccc(C2CCC(F)(F)CC2)c1C(N)=O)C1(C(C)(F)F)CC1. The van der Waals surface area contributed by atoms with Gasteiger partial charge in [0.1, 0.15) is 5.82 Å². The molecule has 2 aliphatic heterocycles. The van der Waals surface area contributed by atoms with Crippen LogP contribution in [0.4, 0.5) is 22.0 Å². The highest BCUT2D eigenvalue weighted by atomic mass is 19.3. The van der Waals surface area contributed by atoms with Crippen LogP contribution < -0.4 is 5.73 Å². The molecule has 1 spiro atoms. The summed E-state index contributed by atoms with van der Waals surface area (Å²) in [7, 11) is 0. The number of aromatic nitrogens is 2. The number of hydrogen-bond donors (Lipinski definition) is 1. The van der Waals surface area contributed by atoms with Gasteiger partial charge in [-0.3, -0.25) is 14.3 Å². The van der Waals surface area contributed by atoms with Crippen molar-refractivity contribution < 1.29 is 36.3 Å². The molecule has 2 aromatic carbocycles. The molecule has 0 bridgehead atoms. The first-order valence-electron chi connectivity index (χ1n) is 17.9. The van der Waals surface area contributed by atoms with Crippen molar-refractivity contribution in [3.8, 4) is 0 Å². The number of ether oxygens (including phenoxy) is 1. The van der Waals surface area contributed by atoms with E-state index in [2.05, 4.69) is 11.7 Å². The number of amides is 2. The lowest BCUT2D eigenvalue weighted by Gasteiger charge is -2.54. The summed E-state index contributed by atoms with van der Waals surface area (Å²) in [6, 6.07) is 11.4. The van der Waals surface area contributed by atoms with Crippen LogP contribution in [0.1, 0.15) is 88.8 Å². The smallest absolute Gasteiger partial charge is 0.257 e. The van der Waals surface area contributed by atoms with Gasteiger partial charge in [0.05, 0.1) is 36.9 Å². The Kier molecular flexibility index (Phi) is 9.24. The van der Waals surface area contributed by atoms with E-state index in [9.17, 15) is 31.5 Å². The molecule has 3 heterocycles. The standard InChI is InChI=1S/C39H44F5N5O3/c1-25(38(14-15-38)36(2,41)42)48-23-37(24-48)22-47(35(51)29-16-46-49(18-29)17-26-6-8-31(40)9-7-26)19-30(37)21-52-20-28-4-3-5-32(33(28)34(45)50)27-10-12-39(43,44)13-11-27/h3-9,16,18,27,30H,1,10-15,17,19-24H2,2H3,(H2,45,50). The van der Waals surface area contributed by atoms with E-state index in [1.807, 2.05) is 4.90 Å². The topological polar surface area (TPSA) is 93.7 Å². The highest BCUT2D eigenvalue weighted by molar-refractivity contribution is 5.96. The Balaban J connectivity index is 1.06. The maximum Gasteiger partial charge on any atom is 0.257 e. The van der Waals surface area contributed by atoms with Crippen LogP contribution >= 0.6 is 0 Å². The van der Waals surface area contributed by atoms with Crippen LogP contribution in [-0.4, -0.2) is 76.0 Å². The first-order chi connectivity index (χ1) is 24.6. The van der Waals surface area contributed by atoms with Crippen molar-refractivity contribution in [1.29, 1.82) is 0 Å². The Morgan fingerprint density at radius 2 is 1.69 bits per heavy atom. The fraction of sp³-hybridized carbons (Fsp3) is 0.513. The molecular formula is C39H44F5N5O3. The first-order valence-corrected chi connectivity index (χ1v) is 17.9. The Bertz CT molecular complexity index is 1830. The van der Waals surface area contributed by atoms with Crippen molar-refractivity contribution in [1.82, 2.24) is 19.6 Å². The van der Waals surface area contributed by atoms with Gasteiger partial charge in [-0.05, 0) is 60.4 Å². The molecule has 2 N–H and O–H groups in total. The summed E-state index contributed by atoms with van der Waals surface area (Å²) in [5, 5.41) is 4.35. The quantitative estimate of drug-likeness (QED) is 0.203. The fourth-order valence-corrected chi connectivity index (χ4v) is 8.65. The summed E-state index contributed by atoms with van der Waals surface area (Å²) in [5.41, 5.74) is 7.34. The number of allylic oxidation sites excluding steroid dienone is 1. The van der Waals surface area contributed by atoms with E-state index in [4.69, 9.17) is 10.5 Å². The van der Waals surface area contributed by atoms with Gasteiger partial charge in [0, 0.05) is 74.7 Å². The molecule has 4 fully saturated rings. The van der Waals surface area contributed by atoms with Crippen molar-refractivity contribution >= 4 is 11.8 Å². The lowest BCUT2D eigenvalue weighted by atomic mass is 9.70. The van der Waals surface area contributed by atoms with Crippen LogP contribution in [0.25, 0.3) is 0 Å². The molecule has 8 nitrogen and oxygen atoms in total. The van der Waals surface area contributed by atoms with Gasteiger partial charge in [0.25, 0.3) is 11.8 Å². The zero-order valence-corrected chi connectivity index (χ0v) is 29.2. The summed E-state index contributed by atoms with van der Waals surface area (Å²) < 4.78 is 78.3. The number of carbonyl (C=O) groups excluding carboxylic acids is 2. The molecule has 278 valence electrons. The number of halogens is 5.